The molecule has 0 saturated heterocycles. The van der Waals surface area contributed by atoms with E-state index in [1.807, 2.05) is 31.5 Å². The summed E-state index contributed by atoms with van der Waals surface area (Å²) in [6.07, 6.45) is 0. The second kappa shape index (κ2) is 7.02. The second-order valence-corrected chi connectivity index (χ2v) is 8.35. The third-order valence-corrected chi connectivity index (χ3v) is 6.15. The Balaban J connectivity index is 2.17. The van der Waals surface area contributed by atoms with Gasteiger partial charge in [0.05, 0.1) is 4.90 Å². The van der Waals surface area contributed by atoms with E-state index < -0.39 is 10.0 Å². The van der Waals surface area contributed by atoms with Crippen molar-refractivity contribution in [1.82, 2.24) is 10.0 Å². The predicted molar refractivity (Wildman–Crippen MR) is 90.0 cm³/mol. The summed E-state index contributed by atoms with van der Waals surface area (Å²) in [7, 11) is -1.65. The Kier molecular flexibility index (Phi) is 5.56. The number of halogens is 1. The van der Waals surface area contributed by atoms with E-state index in [4.69, 9.17) is 0 Å². The molecule has 0 atom stereocenters. The molecule has 0 aliphatic carbocycles. The third-order valence-electron chi connectivity index (χ3n) is 3.06. The molecule has 21 heavy (non-hydrogen) atoms. The molecule has 0 radical (unpaired) electrons. The summed E-state index contributed by atoms with van der Waals surface area (Å²) in [4.78, 5) is 1.27. The number of aryl methyl sites for hydroxylation is 1. The summed E-state index contributed by atoms with van der Waals surface area (Å²) in [5.74, 6) is 0. The van der Waals surface area contributed by atoms with Crippen molar-refractivity contribution in [3.63, 3.8) is 0 Å². The molecule has 1 heterocycles. The fourth-order valence-corrected chi connectivity index (χ4v) is 4.43. The van der Waals surface area contributed by atoms with Gasteiger partial charge in [0.2, 0.25) is 10.0 Å². The standard InChI is InChI=1S/C14H17BrN2O2S2/c1-10-3-4-14(5-11(10)7-16-2)21(18,19)17-8-13-6-12(15)9-20-13/h3-6,9,16-17H,7-8H2,1-2H3. The number of rotatable bonds is 6. The summed E-state index contributed by atoms with van der Waals surface area (Å²) in [6.45, 7) is 2.92. The fourth-order valence-electron chi connectivity index (χ4n) is 1.89. The molecule has 0 amide bonds. The van der Waals surface area contributed by atoms with Crippen molar-refractivity contribution in [1.29, 1.82) is 0 Å². The first kappa shape index (κ1) is 16.6. The van der Waals surface area contributed by atoms with Gasteiger partial charge in [-0.1, -0.05) is 6.07 Å². The maximum absolute atomic E-state index is 12.3. The van der Waals surface area contributed by atoms with E-state index in [0.717, 1.165) is 20.5 Å². The molecule has 2 aromatic rings. The van der Waals surface area contributed by atoms with Gasteiger partial charge in [0, 0.05) is 27.8 Å². The van der Waals surface area contributed by atoms with Crippen LogP contribution in [-0.2, 0) is 23.1 Å². The minimum absolute atomic E-state index is 0.299. The van der Waals surface area contributed by atoms with Crippen LogP contribution in [0.1, 0.15) is 16.0 Å². The van der Waals surface area contributed by atoms with Crippen LogP contribution in [0.5, 0.6) is 0 Å². The number of benzene rings is 1. The lowest BCUT2D eigenvalue weighted by Gasteiger charge is -2.10. The molecule has 0 aliphatic heterocycles. The first-order chi connectivity index (χ1) is 9.92. The van der Waals surface area contributed by atoms with E-state index in [1.165, 1.54) is 11.3 Å². The second-order valence-electron chi connectivity index (χ2n) is 4.67. The topological polar surface area (TPSA) is 58.2 Å². The SMILES string of the molecule is CNCc1cc(S(=O)(=O)NCc2cc(Br)cs2)ccc1C. The van der Waals surface area contributed by atoms with Gasteiger partial charge in [0.15, 0.2) is 0 Å². The van der Waals surface area contributed by atoms with Crippen LogP contribution in [0.4, 0.5) is 0 Å². The van der Waals surface area contributed by atoms with Gasteiger partial charge >= 0.3 is 0 Å². The van der Waals surface area contributed by atoms with Crippen LogP contribution < -0.4 is 10.0 Å². The lowest BCUT2D eigenvalue weighted by Crippen LogP contribution is -2.23. The monoisotopic (exact) mass is 388 g/mol. The highest BCUT2D eigenvalue weighted by atomic mass is 79.9. The van der Waals surface area contributed by atoms with Crippen LogP contribution in [-0.4, -0.2) is 15.5 Å². The minimum atomic E-state index is -3.49. The summed E-state index contributed by atoms with van der Waals surface area (Å²) >= 11 is 4.87. The number of thiophene rings is 1. The van der Waals surface area contributed by atoms with Crippen LogP contribution in [0.15, 0.2) is 39.0 Å². The molecular formula is C14H17BrN2O2S2. The lowest BCUT2D eigenvalue weighted by molar-refractivity contribution is 0.581. The summed E-state index contributed by atoms with van der Waals surface area (Å²) in [6, 6.07) is 7.11. The third kappa shape index (κ3) is 4.37. The molecule has 1 aromatic heterocycles. The Labute approximate surface area is 137 Å². The zero-order valence-corrected chi connectivity index (χ0v) is 15.0. The van der Waals surface area contributed by atoms with E-state index in [2.05, 4.69) is 26.0 Å². The van der Waals surface area contributed by atoms with Crippen molar-refractivity contribution in [3.05, 3.63) is 50.1 Å². The lowest BCUT2D eigenvalue weighted by atomic mass is 10.1. The quantitative estimate of drug-likeness (QED) is 0.799. The van der Waals surface area contributed by atoms with Crippen molar-refractivity contribution in [2.24, 2.45) is 0 Å². The van der Waals surface area contributed by atoms with Gasteiger partial charge < -0.3 is 5.32 Å². The average molecular weight is 389 g/mol. The zero-order chi connectivity index (χ0) is 15.5. The van der Waals surface area contributed by atoms with Crippen molar-refractivity contribution in [2.45, 2.75) is 24.9 Å². The maximum atomic E-state index is 12.3. The summed E-state index contributed by atoms with van der Waals surface area (Å²) in [5.41, 5.74) is 2.06. The predicted octanol–water partition coefficient (Wildman–Crippen LogP) is 3.02. The molecule has 0 bridgehead atoms. The first-order valence-corrected chi connectivity index (χ1v) is 9.54. The smallest absolute Gasteiger partial charge is 0.240 e. The molecule has 1 aromatic carbocycles. The van der Waals surface area contributed by atoms with Crippen LogP contribution in [0.2, 0.25) is 0 Å². The Morgan fingerprint density at radius 3 is 2.62 bits per heavy atom. The highest BCUT2D eigenvalue weighted by molar-refractivity contribution is 9.10. The van der Waals surface area contributed by atoms with Crippen LogP contribution in [0, 0.1) is 6.92 Å². The molecular weight excluding hydrogens is 372 g/mol. The Morgan fingerprint density at radius 1 is 1.24 bits per heavy atom. The average Bonchev–Trinajstić information content (AvgIpc) is 2.85. The van der Waals surface area contributed by atoms with Crippen LogP contribution in [0.25, 0.3) is 0 Å². The normalized spacial score (nSPS) is 11.8. The van der Waals surface area contributed by atoms with Gasteiger partial charge in [-0.15, -0.1) is 11.3 Å². The van der Waals surface area contributed by atoms with E-state index >= 15 is 0 Å². The molecule has 0 aliphatic rings. The Hall–Kier alpha value is -0.730. The van der Waals surface area contributed by atoms with Crippen LogP contribution in [0.3, 0.4) is 0 Å². The minimum Gasteiger partial charge on any atom is -0.316 e. The molecule has 7 heteroatoms. The molecule has 0 saturated carbocycles. The van der Waals surface area contributed by atoms with E-state index in [1.54, 1.807) is 12.1 Å². The molecule has 114 valence electrons. The number of hydrogen-bond acceptors (Lipinski definition) is 4. The van der Waals surface area contributed by atoms with Crippen molar-refractivity contribution < 1.29 is 8.42 Å². The molecule has 4 nitrogen and oxygen atoms in total. The Morgan fingerprint density at radius 2 is 2.00 bits per heavy atom. The van der Waals surface area contributed by atoms with Gasteiger partial charge in [-0.2, -0.15) is 0 Å². The molecule has 0 fully saturated rings. The van der Waals surface area contributed by atoms with Gasteiger partial charge in [0.1, 0.15) is 0 Å². The number of hydrogen-bond donors (Lipinski definition) is 2. The zero-order valence-electron chi connectivity index (χ0n) is 11.8. The van der Waals surface area contributed by atoms with Gasteiger partial charge in [0.25, 0.3) is 0 Å². The fraction of sp³-hybridized carbons (Fsp3) is 0.286. The van der Waals surface area contributed by atoms with E-state index in [9.17, 15) is 8.42 Å². The molecule has 2 rings (SSSR count). The summed E-state index contributed by atoms with van der Waals surface area (Å²) < 4.78 is 28.3. The number of nitrogens with one attached hydrogen (secondary N) is 2. The molecule has 0 unspecified atom stereocenters. The van der Waals surface area contributed by atoms with Gasteiger partial charge in [-0.25, -0.2) is 13.1 Å². The molecule has 0 spiro atoms. The molecule has 2 N–H and O–H groups in total. The van der Waals surface area contributed by atoms with Crippen molar-refractivity contribution >= 4 is 37.3 Å². The maximum Gasteiger partial charge on any atom is 0.240 e. The van der Waals surface area contributed by atoms with Gasteiger partial charge in [-0.3, -0.25) is 0 Å². The first-order valence-electron chi connectivity index (χ1n) is 6.39. The van der Waals surface area contributed by atoms with Crippen LogP contribution >= 0.6 is 27.3 Å². The van der Waals surface area contributed by atoms with E-state index in [0.29, 0.717) is 18.0 Å². The summed E-state index contributed by atoms with van der Waals surface area (Å²) in [5, 5.41) is 4.98. The Bertz CT molecular complexity index is 726. The van der Waals surface area contributed by atoms with Gasteiger partial charge in [-0.05, 0) is 59.2 Å². The highest BCUT2D eigenvalue weighted by Gasteiger charge is 2.15. The van der Waals surface area contributed by atoms with Crippen molar-refractivity contribution in [3.8, 4) is 0 Å². The highest BCUT2D eigenvalue weighted by Crippen LogP contribution is 2.21. The van der Waals surface area contributed by atoms with Crippen molar-refractivity contribution in [2.75, 3.05) is 7.05 Å². The number of sulfonamides is 1. The largest absolute Gasteiger partial charge is 0.316 e. The van der Waals surface area contributed by atoms with E-state index in [-0.39, 0.29) is 0 Å².